The van der Waals surface area contributed by atoms with Crippen molar-refractivity contribution in [1.29, 1.82) is 0 Å². The summed E-state index contributed by atoms with van der Waals surface area (Å²) in [6.45, 7) is 1.69. The van der Waals surface area contributed by atoms with Crippen LogP contribution < -0.4 is 5.32 Å². The van der Waals surface area contributed by atoms with E-state index < -0.39 is 11.6 Å². The number of carbonyl (C=O) groups excluding carboxylic acids is 1. The van der Waals surface area contributed by atoms with Crippen LogP contribution in [0.3, 0.4) is 0 Å². The molecule has 0 aromatic heterocycles. The van der Waals surface area contributed by atoms with Crippen molar-refractivity contribution in [3.05, 3.63) is 35.4 Å². The molecule has 1 fully saturated rings. The SMILES string of the molecule is O=C(NCCc1c(F)cccc1F)N1CCSCC1. The van der Waals surface area contributed by atoms with Gasteiger partial charge in [-0.3, -0.25) is 0 Å². The summed E-state index contributed by atoms with van der Waals surface area (Å²) in [6.07, 6.45) is 0.160. The van der Waals surface area contributed by atoms with Gasteiger partial charge in [0.2, 0.25) is 0 Å². The summed E-state index contributed by atoms with van der Waals surface area (Å²) in [4.78, 5) is 13.5. The van der Waals surface area contributed by atoms with E-state index in [1.54, 1.807) is 4.90 Å². The average molecular weight is 286 g/mol. The molecular formula is C13H16F2N2OS. The number of urea groups is 1. The van der Waals surface area contributed by atoms with Gasteiger partial charge in [0.15, 0.2) is 0 Å². The monoisotopic (exact) mass is 286 g/mol. The average Bonchev–Trinajstić information content (AvgIpc) is 2.43. The lowest BCUT2D eigenvalue weighted by molar-refractivity contribution is 0.203. The van der Waals surface area contributed by atoms with E-state index in [1.807, 2.05) is 11.8 Å². The first-order valence-corrected chi connectivity index (χ1v) is 7.37. The molecule has 1 aromatic rings. The van der Waals surface area contributed by atoms with Gasteiger partial charge < -0.3 is 10.2 Å². The highest BCUT2D eigenvalue weighted by molar-refractivity contribution is 7.99. The number of nitrogens with one attached hydrogen (secondary N) is 1. The van der Waals surface area contributed by atoms with Gasteiger partial charge >= 0.3 is 6.03 Å². The Morgan fingerprint density at radius 2 is 1.89 bits per heavy atom. The molecule has 1 N–H and O–H groups in total. The molecule has 2 rings (SSSR count). The molecule has 0 aliphatic carbocycles. The number of amides is 2. The highest BCUT2D eigenvalue weighted by atomic mass is 32.2. The first-order chi connectivity index (χ1) is 9.18. The van der Waals surface area contributed by atoms with Gasteiger partial charge in [-0.05, 0) is 18.6 Å². The fourth-order valence-corrected chi connectivity index (χ4v) is 2.85. The molecular weight excluding hydrogens is 270 g/mol. The summed E-state index contributed by atoms with van der Waals surface area (Å²) in [6, 6.07) is 3.62. The minimum absolute atomic E-state index is 0.0250. The Morgan fingerprint density at radius 3 is 2.53 bits per heavy atom. The molecule has 0 atom stereocenters. The Balaban J connectivity index is 1.81. The second kappa shape index (κ2) is 6.75. The molecule has 1 saturated heterocycles. The molecule has 0 radical (unpaired) electrons. The maximum Gasteiger partial charge on any atom is 0.317 e. The van der Waals surface area contributed by atoms with Crippen LogP contribution in [-0.2, 0) is 6.42 Å². The maximum absolute atomic E-state index is 13.4. The first kappa shape index (κ1) is 14.1. The standard InChI is InChI=1S/C13H16F2N2OS/c14-11-2-1-3-12(15)10(11)4-5-16-13(18)17-6-8-19-9-7-17/h1-3H,4-9H2,(H,16,18). The molecule has 104 valence electrons. The van der Waals surface area contributed by atoms with Crippen LogP contribution in [0, 0.1) is 11.6 Å². The van der Waals surface area contributed by atoms with Gasteiger partial charge in [0.05, 0.1) is 0 Å². The number of nitrogens with zero attached hydrogens (tertiary/aromatic N) is 1. The van der Waals surface area contributed by atoms with Crippen molar-refractivity contribution in [2.24, 2.45) is 0 Å². The summed E-state index contributed by atoms with van der Waals surface area (Å²) >= 11 is 1.82. The molecule has 6 heteroatoms. The maximum atomic E-state index is 13.4. The topological polar surface area (TPSA) is 32.3 Å². The second-order valence-corrected chi connectivity index (χ2v) is 5.51. The Labute approximate surface area is 115 Å². The number of carbonyl (C=O) groups is 1. The molecule has 0 unspecified atom stereocenters. The summed E-state index contributed by atoms with van der Waals surface area (Å²) in [5, 5.41) is 2.70. The van der Waals surface area contributed by atoms with Crippen molar-refractivity contribution in [3.8, 4) is 0 Å². The number of rotatable bonds is 3. The minimum atomic E-state index is -0.566. The lowest BCUT2D eigenvalue weighted by atomic mass is 10.1. The molecule has 0 bridgehead atoms. The van der Waals surface area contributed by atoms with Crippen molar-refractivity contribution in [2.75, 3.05) is 31.1 Å². The third-order valence-electron chi connectivity index (χ3n) is 3.01. The summed E-state index contributed by atoms with van der Waals surface area (Å²) in [5.74, 6) is 0.748. The van der Waals surface area contributed by atoms with E-state index in [9.17, 15) is 13.6 Å². The van der Waals surface area contributed by atoms with E-state index in [4.69, 9.17) is 0 Å². The lowest BCUT2D eigenvalue weighted by Gasteiger charge is -2.26. The highest BCUT2D eigenvalue weighted by Crippen LogP contribution is 2.12. The van der Waals surface area contributed by atoms with Gasteiger partial charge in [0.25, 0.3) is 0 Å². The van der Waals surface area contributed by atoms with E-state index in [2.05, 4.69) is 5.32 Å². The molecule has 19 heavy (non-hydrogen) atoms. The number of benzene rings is 1. The van der Waals surface area contributed by atoms with Crippen molar-refractivity contribution in [1.82, 2.24) is 10.2 Å². The Morgan fingerprint density at radius 1 is 1.26 bits per heavy atom. The number of hydrogen-bond donors (Lipinski definition) is 1. The zero-order valence-electron chi connectivity index (χ0n) is 10.5. The first-order valence-electron chi connectivity index (χ1n) is 6.22. The molecule has 2 amide bonds. The van der Waals surface area contributed by atoms with Crippen molar-refractivity contribution in [2.45, 2.75) is 6.42 Å². The van der Waals surface area contributed by atoms with Crippen LogP contribution in [0.5, 0.6) is 0 Å². The molecule has 0 spiro atoms. The normalized spacial score (nSPS) is 15.4. The van der Waals surface area contributed by atoms with Crippen molar-refractivity contribution < 1.29 is 13.6 Å². The van der Waals surface area contributed by atoms with Gasteiger partial charge in [-0.25, -0.2) is 13.6 Å². The van der Waals surface area contributed by atoms with Crippen LogP contribution in [0.4, 0.5) is 13.6 Å². The summed E-state index contributed by atoms with van der Waals surface area (Å²) in [5.41, 5.74) is 0.0250. The number of thioether (sulfide) groups is 1. The van der Waals surface area contributed by atoms with E-state index in [0.29, 0.717) is 0 Å². The number of halogens is 2. The lowest BCUT2D eigenvalue weighted by Crippen LogP contribution is -2.44. The fourth-order valence-electron chi connectivity index (χ4n) is 1.94. The van der Waals surface area contributed by atoms with Gasteiger partial charge in [-0.1, -0.05) is 6.07 Å². The third-order valence-corrected chi connectivity index (χ3v) is 3.95. The van der Waals surface area contributed by atoms with Crippen LogP contribution >= 0.6 is 11.8 Å². The highest BCUT2D eigenvalue weighted by Gasteiger charge is 2.16. The van der Waals surface area contributed by atoms with E-state index >= 15 is 0 Å². The summed E-state index contributed by atoms with van der Waals surface area (Å²) in [7, 11) is 0. The van der Waals surface area contributed by atoms with Crippen LogP contribution in [-0.4, -0.2) is 42.1 Å². The van der Waals surface area contributed by atoms with Gasteiger partial charge in [0.1, 0.15) is 11.6 Å². The van der Waals surface area contributed by atoms with Crippen LogP contribution in [0.15, 0.2) is 18.2 Å². The Kier molecular flexibility index (Phi) is 5.01. The van der Waals surface area contributed by atoms with Gasteiger partial charge in [0, 0.05) is 36.7 Å². The molecule has 1 aromatic carbocycles. The van der Waals surface area contributed by atoms with Gasteiger partial charge in [-0.15, -0.1) is 0 Å². The molecule has 1 aliphatic rings. The smallest absolute Gasteiger partial charge is 0.317 e. The van der Waals surface area contributed by atoms with E-state index in [0.717, 1.165) is 24.6 Å². The van der Waals surface area contributed by atoms with E-state index in [-0.39, 0.29) is 24.6 Å². The quantitative estimate of drug-likeness (QED) is 0.924. The van der Waals surface area contributed by atoms with Gasteiger partial charge in [-0.2, -0.15) is 11.8 Å². The Bertz CT molecular complexity index is 430. The fraction of sp³-hybridized carbons (Fsp3) is 0.462. The predicted octanol–water partition coefficient (Wildman–Crippen LogP) is 2.27. The molecule has 1 heterocycles. The minimum Gasteiger partial charge on any atom is -0.338 e. The van der Waals surface area contributed by atoms with Crippen molar-refractivity contribution >= 4 is 17.8 Å². The molecule has 3 nitrogen and oxygen atoms in total. The van der Waals surface area contributed by atoms with Crippen LogP contribution in [0.25, 0.3) is 0 Å². The summed E-state index contributed by atoms with van der Waals surface area (Å²) < 4.78 is 26.7. The number of hydrogen-bond acceptors (Lipinski definition) is 2. The zero-order valence-corrected chi connectivity index (χ0v) is 11.3. The molecule has 0 saturated carbocycles. The largest absolute Gasteiger partial charge is 0.338 e. The van der Waals surface area contributed by atoms with Crippen LogP contribution in [0.2, 0.25) is 0 Å². The zero-order chi connectivity index (χ0) is 13.7. The van der Waals surface area contributed by atoms with Crippen molar-refractivity contribution in [3.63, 3.8) is 0 Å². The third kappa shape index (κ3) is 3.83. The van der Waals surface area contributed by atoms with E-state index in [1.165, 1.54) is 18.2 Å². The predicted molar refractivity (Wildman–Crippen MR) is 72.4 cm³/mol. The molecule has 1 aliphatic heterocycles. The second-order valence-electron chi connectivity index (χ2n) is 4.28. The Hall–Kier alpha value is -1.30. The van der Waals surface area contributed by atoms with Crippen LogP contribution in [0.1, 0.15) is 5.56 Å².